The molecule has 0 bridgehead atoms. The van der Waals surface area contributed by atoms with Crippen molar-refractivity contribution in [2.45, 2.75) is 46.5 Å². The van der Waals surface area contributed by atoms with Crippen molar-refractivity contribution in [3.63, 3.8) is 0 Å². The van der Waals surface area contributed by atoms with E-state index in [1.54, 1.807) is 0 Å². The van der Waals surface area contributed by atoms with E-state index < -0.39 is 0 Å². The number of benzene rings is 1. The first-order valence-electron chi connectivity index (χ1n) is 5.71. The highest BCUT2D eigenvalue weighted by molar-refractivity contribution is 5.53. The van der Waals surface area contributed by atoms with Crippen LogP contribution in [0.15, 0.2) is 29.8 Å². The van der Waals surface area contributed by atoms with Gasteiger partial charge in [0, 0.05) is 0 Å². The Morgan fingerprint density at radius 3 is 2.07 bits per heavy atom. The third-order valence-corrected chi connectivity index (χ3v) is 2.75. The average molecular weight is 202 g/mol. The summed E-state index contributed by atoms with van der Waals surface area (Å²) in [6, 6.07) is 8.88. The maximum atomic E-state index is 2.26. The number of hydrogen-bond donors (Lipinski definition) is 0. The van der Waals surface area contributed by atoms with Crippen LogP contribution in [-0.4, -0.2) is 0 Å². The van der Waals surface area contributed by atoms with Crippen LogP contribution in [-0.2, 0) is 5.41 Å². The summed E-state index contributed by atoms with van der Waals surface area (Å²) < 4.78 is 0. The second-order valence-corrected chi connectivity index (χ2v) is 5.22. The Morgan fingerprint density at radius 1 is 1.13 bits per heavy atom. The zero-order valence-electron chi connectivity index (χ0n) is 10.6. The van der Waals surface area contributed by atoms with Crippen LogP contribution < -0.4 is 0 Å². The van der Waals surface area contributed by atoms with Crippen LogP contribution in [0.5, 0.6) is 0 Å². The second kappa shape index (κ2) is 4.65. The summed E-state index contributed by atoms with van der Waals surface area (Å²) in [7, 11) is 0. The van der Waals surface area contributed by atoms with E-state index >= 15 is 0 Å². The highest BCUT2D eigenvalue weighted by Gasteiger charge is 2.12. The zero-order chi connectivity index (χ0) is 11.5. The highest BCUT2D eigenvalue weighted by Crippen LogP contribution is 2.22. The normalized spacial score (nSPS) is 13.0. The predicted octanol–water partition coefficient (Wildman–Crippen LogP) is 4.80. The van der Waals surface area contributed by atoms with E-state index in [2.05, 4.69) is 65.0 Å². The lowest BCUT2D eigenvalue weighted by atomic mass is 9.86. The van der Waals surface area contributed by atoms with Crippen LogP contribution in [0.2, 0.25) is 0 Å². The summed E-state index contributed by atoms with van der Waals surface area (Å²) in [4.78, 5) is 0. The van der Waals surface area contributed by atoms with Crippen LogP contribution in [0.4, 0.5) is 0 Å². The summed E-state index contributed by atoms with van der Waals surface area (Å²) >= 11 is 0. The lowest BCUT2D eigenvalue weighted by Gasteiger charge is -2.18. The summed E-state index contributed by atoms with van der Waals surface area (Å²) in [5.41, 5.74) is 4.39. The third-order valence-electron chi connectivity index (χ3n) is 2.75. The molecular weight excluding hydrogens is 180 g/mol. The second-order valence-electron chi connectivity index (χ2n) is 5.22. The van der Waals surface area contributed by atoms with Crippen molar-refractivity contribution in [1.29, 1.82) is 0 Å². The molecule has 0 heterocycles. The van der Waals surface area contributed by atoms with Gasteiger partial charge in [-0.3, -0.25) is 0 Å². The molecule has 0 atom stereocenters. The van der Waals surface area contributed by atoms with Gasteiger partial charge in [-0.2, -0.15) is 0 Å². The molecule has 15 heavy (non-hydrogen) atoms. The van der Waals surface area contributed by atoms with Crippen molar-refractivity contribution in [2.75, 3.05) is 0 Å². The fraction of sp³-hybridized carbons (Fsp3) is 0.467. The van der Waals surface area contributed by atoms with Gasteiger partial charge >= 0.3 is 0 Å². The van der Waals surface area contributed by atoms with Gasteiger partial charge in [-0.05, 0) is 29.9 Å². The third kappa shape index (κ3) is 3.54. The Bertz CT molecular complexity index is 333. The van der Waals surface area contributed by atoms with E-state index in [0.717, 1.165) is 6.42 Å². The van der Waals surface area contributed by atoms with E-state index in [4.69, 9.17) is 0 Å². The predicted molar refractivity (Wildman–Crippen MR) is 69.1 cm³/mol. The van der Waals surface area contributed by atoms with Gasteiger partial charge in [-0.25, -0.2) is 0 Å². The first-order chi connectivity index (χ1) is 6.93. The number of allylic oxidation sites excluding steroid dienone is 1. The van der Waals surface area contributed by atoms with E-state index in [9.17, 15) is 0 Å². The molecule has 1 aromatic carbocycles. The molecule has 0 aliphatic carbocycles. The van der Waals surface area contributed by atoms with Crippen LogP contribution in [0.1, 0.15) is 52.2 Å². The first-order valence-corrected chi connectivity index (χ1v) is 5.71. The largest absolute Gasteiger partial charge is 0.0730 e. The molecule has 0 aliphatic rings. The molecule has 0 nitrogen and oxygen atoms in total. The minimum atomic E-state index is 0.252. The topological polar surface area (TPSA) is 0 Å². The molecule has 82 valence electrons. The van der Waals surface area contributed by atoms with Crippen LogP contribution in [0, 0.1) is 0 Å². The summed E-state index contributed by atoms with van der Waals surface area (Å²) in [5.74, 6) is 0. The van der Waals surface area contributed by atoms with E-state index in [1.165, 1.54) is 16.7 Å². The van der Waals surface area contributed by atoms with E-state index in [-0.39, 0.29) is 5.41 Å². The molecule has 0 aromatic heterocycles. The van der Waals surface area contributed by atoms with Gasteiger partial charge in [0.1, 0.15) is 0 Å². The Balaban J connectivity index is 2.91. The van der Waals surface area contributed by atoms with Crippen LogP contribution in [0.25, 0.3) is 6.08 Å². The van der Waals surface area contributed by atoms with Crippen molar-refractivity contribution in [3.05, 3.63) is 41.0 Å². The van der Waals surface area contributed by atoms with Gasteiger partial charge in [0.25, 0.3) is 0 Å². The molecule has 1 rings (SSSR count). The Hall–Kier alpha value is -1.04. The van der Waals surface area contributed by atoms with Gasteiger partial charge in [0.15, 0.2) is 0 Å². The van der Waals surface area contributed by atoms with E-state index in [0.29, 0.717) is 0 Å². The molecule has 0 radical (unpaired) electrons. The summed E-state index contributed by atoms with van der Waals surface area (Å²) in [5, 5.41) is 0. The van der Waals surface area contributed by atoms with Gasteiger partial charge in [-0.1, -0.05) is 63.6 Å². The molecule has 0 saturated carbocycles. The van der Waals surface area contributed by atoms with Gasteiger partial charge < -0.3 is 0 Å². The van der Waals surface area contributed by atoms with Crippen molar-refractivity contribution < 1.29 is 0 Å². The molecule has 0 saturated heterocycles. The summed E-state index contributed by atoms with van der Waals surface area (Å²) in [6.07, 6.45) is 3.38. The molecule has 0 fully saturated rings. The molecule has 0 heteroatoms. The summed E-state index contributed by atoms with van der Waals surface area (Å²) in [6.45, 7) is 11.1. The molecule has 0 spiro atoms. The standard InChI is InChI=1S/C15H22/c1-6-12(2)11-13-7-9-14(10-8-13)15(3,4)5/h7-11H,6H2,1-5H3/b12-11-. The smallest absolute Gasteiger partial charge is 0.0132 e. The van der Waals surface area contributed by atoms with Crippen molar-refractivity contribution in [3.8, 4) is 0 Å². The Kier molecular flexibility index (Phi) is 3.73. The molecule has 0 unspecified atom stereocenters. The number of hydrogen-bond acceptors (Lipinski definition) is 0. The zero-order valence-corrected chi connectivity index (χ0v) is 10.6. The lowest BCUT2D eigenvalue weighted by Crippen LogP contribution is -2.10. The molecule has 0 N–H and O–H groups in total. The molecular formula is C15H22. The van der Waals surface area contributed by atoms with Crippen molar-refractivity contribution >= 4 is 6.08 Å². The quantitative estimate of drug-likeness (QED) is 0.646. The fourth-order valence-electron chi connectivity index (χ4n) is 1.47. The van der Waals surface area contributed by atoms with E-state index in [1.807, 2.05) is 0 Å². The van der Waals surface area contributed by atoms with Gasteiger partial charge in [0.05, 0.1) is 0 Å². The Labute approximate surface area is 94.0 Å². The Morgan fingerprint density at radius 2 is 1.67 bits per heavy atom. The van der Waals surface area contributed by atoms with Gasteiger partial charge in [0.2, 0.25) is 0 Å². The van der Waals surface area contributed by atoms with Crippen LogP contribution in [0.3, 0.4) is 0 Å². The minimum absolute atomic E-state index is 0.252. The maximum Gasteiger partial charge on any atom is -0.0132 e. The first kappa shape index (κ1) is 12.0. The van der Waals surface area contributed by atoms with Crippen molar-refractivity contribution in [1.82, 2.24) is 0 Å². The molecule has 0 aliphatic heterocycles. The molecule has 1 aromatic rings. The fourth-order valence-corrected chi connectivity index (χ4v) is 1.47. The monoisotopic (exact) mass is 202 g/mol. The van der Waals surface area contributed by atoms with Gasteiger partial charge in [-0.15, -0.1) is 0 Å². The lowest BCUT2D eigenvalue weighted by molar-refractivity contribution is 0.590. The number of rotatable bonds is 2. The SMILES string of the molecule is CC/C(C)=C\c1ccc(C(C)(C)C)cc1. The van der Waals surface area contributed by atoms with Crippen LogP contribution >= 0.6 is 0 Å². The maximum absolute atomic E-state index is 2.26. The minimum Gasteiger partial charge on any atom is -0.0730 e. The van der Waals surface area contributed by atoms with Crippen molar-refractivity contribution in [2.24, 2.45) is 0 Å². The molecule has 0 amide bonds. The highest BCUT2D eigenvalue weighted by atomic mass is 14.2. The average Bonchev–Trinajstić information content (AvgIpc) is 2.17.